The number of nitrogens with zero attached hydrogens (tertiary/aromatic N) is 2. The van der Waals surface area contributed by atoms with E-state index in [4.69, 9.17) is 11.6 Å². The highest BCUT2D eigenvalue weighted by Gasteiger charge is 2.21. The zero-order valence-electron chi connectivity index (χ0n) is 10.0. The Morgan fingerprint density at radius 3 is 3.11 bits per heavy atom. The summed E-state index contributed by atoms with van der Waals surface area (Å²) in [7, 11) is 0. The largest absolute Gasteiger partial charge is 0.396 e. The molecule has 1 aliphatic rings. The lowest BCUT2D eigenvalue weighted by molar-refractivity contribution is 0.201. The first-order valence-corrected chi connectivity index (χ1v) is 6.57. The highest BCUT2D eigenvalue weighted by atomic mass is 35.5. The number of aromatic nitrogens is 2. The molecule has 0 radical (unpaired) electrons. The number of benzene rings is 1. The lowest BCUT2D eigenvalue weighted by Crippen LogP contribution is -2.21. The van der Waals surface area contributed by atoms with Crippen LogP contribution in [0.3, 0.4) is 0 Å². The number of fused-ring (bicyclic) bond motifs is 1. The summed E-state index contributed by atoms with van der Waals surface area (Å²) in [5.74, 6) is 1.35. The highest BCUT2D eigenvalue weighted by molar-refractivity contribution is 6.30. The van der Waals surface area contributed by atoms with E-state index in [0.29, 0.717) is 5.92 Å². The zero-order valence-corrected chi connectivity index (χ0v) is 10.8. The van der Waals surface area contributed by atoms with Crippen LogP contribution in [0.25, 0.3) is 11.4 Å². The Morgan fingerprint density at radius 1 is 1.44 bits per heavy atom. The van der Waals surface area contributed by atoms with Crippen LogP contribution in [0.5, 0.6) is 0 Å². The standard InChI is InChI=1S/C14H15ClN2O/c15-12-3-1-2-11(7-12)14-16-8-13-6-10(9-18)4-5-17(13)14/h1-3,7-8,10,18H,4-6,9H2. The molecule has 0 spiro atoms. The van der Waals surface area contributed by atoms with Crippen LogP contribution in [0.2, 0.25) is 5.02 Å². The molecule has 94 valence electrons. The first-order valence-electron chi connectivity index (χ1n) is 6.19. The van der Waals surface area contributed by atoms with Gasteiger partial charge in [-0.05, 0) is 30.9 Å². The maximum Gasteiger partial charge on any atom is 0.140 e. The number of hydrogen-bond acceptors (Lipinski definition) is 2. The number of hydrogen-bond donors (Lipinski definition) is 1. The van der Waals surface area contributed by atoms with Gasteiger partial charge < -0.3 is 9.67 Å². The number of aliphatic hydroxyl groups is 1. The molecule has 0 saturated heterocycles. The molecule has 1 unspecified atom stereocenters. The van der Waals surface area contributed by atoms with Gasteiger partial charge in [-0.15, -0.1) is 0 Å². The molecular formula is C14H15ClN2O. The van der Waals surface area contributed by atoms with E-state index >= 15 is 0 Å². The van der Waals surface area contributed by atoms with Gasteiger partial charge in [-0.3, -0.25) is 0 Å². The van der Waals surface area contributed by atoms with Gasteiger partial charge in [0.05, 0.1) is 0 Å². The smallest absolute Gasteiger partial charge is 0.140 e. The van der Waals surface area contributed by atoms with Crippen LogP contribution in [0, 0.1) is 5.92 Å². The van der Waals surface area contributed by atoms with Gasteiger partial charge in [-0.1, -0.05) is 23.7 Å². The topological polar surface area (TPSA) is 38.0 Å². The summed E-state index contributed by atoms with van der Waals surface area (Å²) in [6, 6.07) is 7.78. The summed E-state index contributed by atoms with van der Waals surface area (Å²) < 4.78 is 2.23. The van der Waals surface area contributed by atoms with Crippen molar-refractivity contribution in [1.29, 1.82) is 0 Å². The third kappa shape index (κ3) is 2.04. The second-order valence-corrected chi connectivity index (χ2v) is 5.21. The SMILES string of the molecule is OCC1CCn2c(cnc2-c2cccc(Cl)c2)C1. The number of rotatable bonds is 2. The minimum atomic E-state index is 0.262. The molecule has 3 nitrogen and oxygen atoms in total. The molecule has 1 aliphatic heterocycles. The molecule has 1 aromatic heterocycles. The van der Waals surface area contributed by atoms with Gasteiger partial charge in [-0.2, -0.15) is 0 Å². The molecule has 2 heterocycles. The van der Waals surface area contributed by atoms with E-state index in [2.05, 4.69) is 9.55 Å². The quantitative estimate of drug-likeness (QED) is 0.904. The molecule has 0 amide bonds. The van der Waals surface area contributed by atoms with Crippen molar-refractivity contribution < 1.29 is 5.11 Å². The molecule has 3 rings (SSSR count). The molecule has 1 aromatic carbocycles. The summed E-state index contributed by atoms with van der Waals surface area (Å²) in [5, 5.41) is 9.96. The lowest BCUT2D eigenvalue weighted by atomic mass is 9.97. The van der Waals surface area contributed by atoms with Gasteiger partial charge in [0, 0.05) is 35.6 Å². The fourth-order valence-corrected chi connectivity index (χ4v) is 2.74. The lowest BCUT2D eigenvalue weighted by Gasteiger charge is -2.23. The molecule has 0 saturated carbocycles. The van der Waals surface area contributed by atoms with Crippen LogP contribution in [-0.4, -0.2) is 21.3 Å². The van der Waals surface area contributed by atoms with Crippen molar-refractivity contribution in [2.24, 2.45) is 5.92 Å². The summed E-state index contributed by atoms with van der Waals surface area (Å²) in [4.78, 5) is 4.50. The van der Waals surface area contributed by atoms with E-state index < -0.39 is 0 Å². The predicted molar refractivity (Wildman–Crippen MR) is 71.6 cm³/mol. The molecule has 0 bridgehead atoms. The van der Waals surface area contributed by atoms with Crippen molar-refractivity contribution in [3.63, 3.8) is 0 Å². The maximum absolute atomic E-state index is 9.23. The van der Waals surface area contributed by atoms with Crippen LogP contribution in [0.4, 0.5) is 0 Å². The first-order chi connectivity index (χ1) is 8.78. The normalized spacial score (nSPS) is 18.7. The first kappa shape index (κ1) is 11.8. The van der Waals surface area contributed by atoms with Crippen molar-refractivity contribution in [2.75, 3.05) is 6.61 Å². The fraction of sp³-hybridized carbons (Fsp3) is 0.357. The van der Waals surface area contributed by atoms with E-state index in [1.54, 1.807) is 0 Å². The molecule has 2 aromatic rings. The maximum atomic E-state index is 9.23. The van der Waals surface area contributed by atoms with Crippen molar-refractivity contribution in [3.05, 3.63) is 41.2 Å². The second kappa shape index (κ2) is 4.75. The number of imidazole rings is 1. The Bertz CT molecular complexity index is 565. The van der Waals surface area contributed by atoms with E-state index in [1.807, 2.05) is 30.5 Å². The molecule has 4 heteroatoms. The average molecular weight is 263 g/mol. The van der Waals surface area contributed by atoms with Gasteiger partial charge in [0.15, 0.2) is 0 Å². The predicted octanol–water partition coefficient (Wildman–Crippen LogP) is 2.76. The molecular weight excluding hydrogens is 248 g/mol. The number of halogens is 1. The third-order valence-corrected chi connectivity index (χ3v) is 3.77. The number of aliphatic hydroxyl groups excluding tert-OH is 1. The van der Waals surface area contributed by atoms with E-state index in [9.17, 15) is 5.11 Å². The second-order valence-electron chi connectivity index (χ2n) is 4.78. The van der Waals surface area contributed by atoms with E-state index in [1.165, 1.54) is 5.69 Å². The van der Waals surface area contributed by atoms with Gasteiger partial charge in [0.2, 0.25) is 0 Å². The zero-order chi connectivity index (χ0) is 12.5. The summed E-state index contributed by atoms with van der Waals surface area (Å²) in [6.45, 7) is 1.18. The average Bonchev–Trinajstić information content (AvgIpc) is 2.81. The van der Waals surface area contributed by atoms with Crippen molar-refractivity contribution in [3.8, 4) is 11.4 Å². The van der Waals surface area contributed by atoms with Gasteiger partial charge in [0.25, 0.3) is 0 Å². The Morgan fingerprint density at radius 2 is 2.33 bits per heavy atom. The van der Waals surface area contributed by atoms with Crippen LogP contribution in [0.15, 0.2) is 30.5 Å². The summed E-state index contributed by atoms with van der Waals surface area (Å²) in [5.41, 5.74) is 2.26. The van der Waals surface area contributed by atoms with Crippen molar-refractivity contribution in [1.82, 2.24) is 9.55 Å². The third-order valence-electron chi connectivity index (χ3n) is 3.54. The van der Waals surface area contributed by atoms with Gasteiger partial charge in [0.1, 0.15) is 5.82 Å². The Balaban J connectivity index is 1.98. The van der Waals surface area contributed by atoms with Gasteiger partial charge in [-0.25, -0.2) is 4.98 Å². The van der Waals surface area contributed by atoms with Crippen LogP contribution < -0.4 is 0 Å². The molecule has 1 atom stereocenters. The summed E-state index contributed by atoms with van der Waals surface area (Å²) >= 11 is 6.02. The monoisotopic (exact) mass is 262 g/mol. The molecule has 1 N–H and O–H groups in total. The van der Waals surface area contributed by atoms with Gasteiger partial charge >= 0.3 is 0 Å². The molecule has 18 heavy (non-hydrogen) atoms. The molecule has 0 fully saturated rings. The van der Waals surface area contributed by atoms with Crippen molar-refractivity contribution >= 4 is 11.6 Å². The van der Waals surface area contributed by atoms with Crippen molar-refractivity contribution in [2.45, 2.75) is 19.4 Å². The Labute approximate surface area is 111 Å². The van der Waals surface area contributed by atoms with Crippen LogP contribution in [0.1, 0.15) is 12.1 Å². The van der Waals surface area contributed by atoms with Crippen LogP contribution in [-0.2, 0) is 13.0 Å². The Hall–Kier alpha value is -1.32. The van der Waals surface area contributed by atoms with Crippen LogP contribution >= 0.6 is 11.6 Å². The highest BCUT2D eigenvalue weighted by Crippen LogP contribution is 2.28. The minimum absolute atomic E-state index is 0.262. The minimum Gasteiger partial charge on any atom is -0.396 e. The fourth-order valence-electron chi connectivity index (χ4n) is 2.55. The Kier molecular flexibility index (Phi) is 3.10. The summed E-state index contributed by atoms with van der Waals surface area (Å²) in [6.07, 6.45) is 3.83. The van der Waals surface area contributed by atoms with E-state index in [-0.39, 0.29) is 6.61 Å². The van der Waals surface area contributed by atoms with E-state index in [0.717, 1.165) is 35.8 Å². The molecule has 0 aliphatic carbocycles.